The SMILES string of the molecule is CCCC(C)C(Cc1c(Cl)c(C)nn1C)NC. The van der Waals surface area contributed by atoms with E-state index < -0.39 is 0 Å². The zero-order chi connectivity index (χ0) is 13.0. The number of likely N-dealkylation sites (N-methyl/N-ethyl adjacent to an activating group) is 1. The predicted molar refractivity (Wildman–Crippen MR) is 73.6 cm³/mol. The second-order valence-corrected chi connectivity index (χ2v) is 5.21. The van der Waals surface area contributed by atoms with Gasteiger partial charge in [-0.05, 0) is 26.3 Å². The van der Waals surface area contributed by atoms with E-state index in [1.165, 1.54) is 12.8 Å². The third kappa shape index (κ3) is 3.46. The molecule has 0 aromatic carbocycles. The molecule has 2 unspecified atom stereocenters. The largest absolute Gasteiger partial charge is 0.316 e. The number of halogens is 1. The molecule has 1 N–H and O–H groups in total. The first-order valence-corrected chi connectivity index (χ1v) is 6.74. The van der Waals surface area contributed by atoms with Gasteiger partial charge in [0.05, 0.1) is 16.4 Å². The lowest BCUT2D eigenvalue weighted by molar-refractivity contribution is 0.366. The molecule has 4 heteroatoms. The summed E-state index contributed by atoms with van der Waals surface area (Å²) in [5.41, 5.74) is 2.05. The van der Waals surface area contributed by atoms with Crippen molar-refractivity contribution in [2.45, 2.75) is 46.1 Å². The topological polar surface area (TPSA) is 29.9 Å². The predicted octanol–water partition coefficient (Wildman–Crippen LogP) is 2.95. The summed E-state index contributed by atoms with van der Waals surface area (Å²) >= 11 is 6.29. The van der Waals surface area contributed by atoms with Gasteiger partial charge in [0.1, 0.15) is 0 Å². The van der Waals surface area contributed by atoms with Crippen molar-refractivity contribution in [3.8, 4) is 0 Å². The maximum Gasteiger partial charge on any atom is 0.0847 e. The van der Waals surface area contributed by atoms with Crippen LogP contribution in [-0.2, 0) is 13.5 Å². The molecule has 0 spiro atoms. The van der Waals surface area contributed by atoms with E-state index >= 15 is 0 Å². The minimum absolute atomic E-state index is 0.460. The molecule has 17 heavy (non-hydrogen) atoms. The summed E-state index contributed by atoms with van der Waals surface area (Å²) in [4.78, 5) is 0. The highest BCUT2D eigenvalue weighted by Crippen LogP contribution is 2.23. The van der Waals surface area contributed by atoms with Crippen LogP contribution in [0.1, 0.15) is 38.1 Å². The Hall–Kier alpha value is -0.540. The Morgan fingerprint density at radius 3 is 2.53 bits per heavy atom. The molecule has 3 nitrogen and oxygen atoms in total. The molecule has 98 valence electrons. The lowest BCUT2D eigenvalue weighted by atomic mass is 9.93. The first kappa shape index (κ1) is 14.5. The molecule has 0 saturated heterocycles. The van der Waals surface area contributed by atoms with Gasteiger partial charge in [-0.3, -0.25) is 4.68 Å². The molecule has 1 rings (SSSR count). The third-order valence-electron chi connectivity index (χ3n) is 3.48. The van der Waals surface area contributed by atoms with E-state index in [1.807, 2.05) is 25.7 Å². The van der Waals surface area contributed by atoms with Gasteiger partial charge in [-0.25, -0.2) is 0 Å². The van der Waals surface area contributed by atoms with Crippen molar-refractivity contribution in [3.05, 3.63) is 16.4 Å². The molecular formula is C13H24ClN3. The Labute approximate surface area is 110 Å². The highest BCUT2D eigenvalue weighted by atomic mass is 35.5. The summed E-state index contributed by atoms with van der Waals surface area (Å²) in [7, 11) is 3.99. The standard InChI is InChI=1S/C13H24ClN3/c1-6-7-9(2)11(15-4)8-12-13(14)10(3)16-17(12)5/h9,11,15H,6-8H2,1-5H3. The summed E-state index contributed by atoms with van der Waals surface area (Å²) < 4.78 is 1.90. The van der Waals surface area contributed by atoms with Crippen LogP contribution < -0.4 is 5.32 Å². The van der Waals surface area contributed by atoms with Gasteiger partial charge >= 0.3 is 0 Å². The van der Waals surface area contributed by atoms with Crippen LogP contribution in [0.3, 0.4) is 0 Å². The fourth-order valence-corrected chi connectivity index (χ4v) is 2.59. The summed E-state index contributed by atoms with van der Waals surface area (Å²) in [5, 5.41) is 8.58. The monoisotopic (exact) mass is 257 g/mol. The lowest BCUT2D eigenvalue weighted by Gasteiger charge is -2.23. The molecule has 0 fully saturated rings. The number of nitrogens with zero attached hydrogens (tertiary/aromatic N) is 2. The van der Waals surface area contributed by atoms with Crippen LogP contribution in [0.4, 0.5) is 0 Å². The molecule has 1 aromatic heterocycles. The van der Waals surface area contributed by atoms with E-state index in [-0.39, 0.29) is 0 Å². The first-order chi connectivity index (χ1) is 8.01. The van der Waals surface area contributed by atoms with E-state index in [0.29, 0.717) is 12.0 Å². The zero-order valence-electron chi connectivity index (χ0n) is 11.5. The van der Waals surface area contributed by atoms with Gasteiger partial charge < -0.3 is 5.32 Å². The Balaban J connectivity index is 2.80. The molecule has 1 heterocycles. The van der Waals surface area contributed by atoms with Crippen molar-refractivity contribution in [2.75, 3.05) is 7.05 Å². The molecule has 0 amide bonds. The van der Waals surface area contributed by atoms with E-state index in [1.54, 1.807) is 0 Å². The number of aryl methyl sites for hydroxylation is 2. The normalized spacial score (nSPS) is 14.9. The maximum absolute atomic E-state index is 6.29. The summed E-state index contributed by atoms with van der Waals surface area (Å²) in [5.74, 6) is 0.649. The molecule has 0 aliphatic rings. The second kappa shape index (κ2) is 6.41. The van der Waals surface area contributed by atoms with E-state index in [4.69, 9.17) is 11.6 Å². The van der Waals surface area contributed by atoms with Crippen molar-refractivity contribution >= 4 is 11.6 Å². The molecule has 2 atom stereocenters. The molecule has 1 aromatic rings. The van der Waals surface area contributed by atoms with Crippen LogP contribution >= 0.6 is 11.6 Å². The van der Waals surface area contributed by atoms with Crippen LogP contribution in [0.5, 0.6) is 0 Å². The summed E-state index contributed by atoms with van der Waals surface area (Å²) in [6.07, 6.45) is 3.39. The van der Waals surface area contributed by atoms with Crippen LogP contribution in [0.15, 0.2) is 0 Å². The highest BCUT2D eigenvalue weighted by Gasteiger charge is 2.20. The molecule has 0 saturated carbocycles. The third-order valence-corrected chi connectivity index (χ3v) is 3.97. The number of nitrogens with one attached hydrogen (secondary N) is 1. The number of hydrogen-bond acceptors (Lipinski definition) is 2. The van der Waals surface area contributed by atoms with Crippen LogP contribution in [0.25, 0.3) is 0 Å². The maximum atomic E-state index is 6.29. The van der Waals surface area contributed by atoms with Crippen LogP contribution in [0, 0.1) is 12.8 Å². The molecule has 0 aliphatic carbocycles. The van der Waals surface area contributed by atoms with Crippen molar-refractivity contribution in [2.24, 2.45) is 13.0 Å². The fourth-order valence-electron chi connectivity index (χ4n) is 2.35. The summed E-state index contributed by atoms with van der Waals surface area (Å²) in [6.45, 7) is 6.47. The average Bonchev–Trinajstić information content (AvgIpc) is 2.51. The van der Waals surface area contributed by atoms with Gasteiger partial charge in [0.15, 0.2) is 0 Å². The molecule has 0 radical (unpaired) electrons. The minimum atomic E-state index is 0.460. The molecule has 0 aliphatic heterocycles. The quantitative estimate of drug-likeness (QED) is 0.849. The van der Waals surface area contributed by atoms with Crippen molar-refractivity contribution in [1.82, 2.24) is 15.1 Å². The van der Waals surface area contributed by atoms with Gasteiger partial charge in [-0.1, -0.05) is 31.9 Å². The summed E-state index contributed by atoms with van der Waals surface area (Å²) in [6, 6.07) is 0.460. The Morgan fingerprint density at radius 2 is 2.12 bits per heavy atom. The van der Waals surface area contributed by atoms with Gasteiger partial charge in [0.2, 0.25) is 0 Å². The van der Waals surface area contributed by atoms with E-state index in [2.05, 4.69) is 24.3 Å². The second-order valence-electron chi connectivity index (χ2n) is 4.83. The van der Waals surface area contributed by atoms with Gasteiger partial charge in [-0.15, -0.1) is 0 Å². The number of aromatic nitrogens is 2. The van der Waals surface area contributed by atoms with Crippen molar-refractivity contribution < 1.29 is 0 Å². The average molecular weight is 258 g/mol. The van der Waals surface area contributed by atoms with Gasteiger partial charge in [0, 0.05) is 19.5 Å². The lowest BCUT2D eigenvalue weighted by Crippen LogP contribution is -2.34. The van der Waals surface area contributed by atoms with Gasteiger partial charge in [-0.2, -0.15) is 5.10 Å². The smallest absolute Gasteiger partial charge is 0.0847 e. The molecular weight excluding hydrogens is 234 g/mol. The number of hydrogen-bond donors (Lipinski definition) is 1. The minimum Gasteiger partial charge on any atom is -0.316 e. The van der Waals surface area contributed by atoms with Crippen molar-refractivity contribution in [3.63, 3.8) is 0 Å². The first-order valence-electron chi connectivity index (χ1n) is 6.36. The highest BCUT2D eigenvalue weighted by molar-refractivity contribution is 6.31. The molecule has 0 bridgehead atoms. The van der Waals surface area contributed by atoms with Crippen molar-refractivity contribution in [1.29, 1.82) is 0 Å². The number of rotatable bonds is 6. The van der Waals surface area contributed by atoms with E-state index in [0.717, 1.165) is 22.8 Å². The van der Waals surface area contributed by atoms with Crippen LogP contribution in [0.2, 0.25) is 5.02 Å². The Kier molecular flexibility index (Phi) is 5.47. The van der Waals surface area contributed by atoms with Gasteiger partial charge in [0.25, 0.3) is 0 Å². The van der Waals surface area contributed by atoms with E-state index in [9.17, 15) is 0 Å². The zero-order valence-corrected chi connectivity index (χ0v) is 12.3. The Bertz CT molecular complexity index is 360. The Morgan fingerprint density at radius 1 is 1.47 bits per heavy atom. The fraction of sp³-hybridized carbons (Fsp3) is 0.769. The van der Waals surface area contributed by atoms with Crippen LogP contribution in [-0.4, -0.2) is 22.9 Å².